The highest BCUT2D eigenvalue weighted by Gasteiger charge is 2.11. The third-order valence-corrected chi connectivity index (χ3v) is 4.30. The number of fused-ring (bicyclic) bond motifs is 1. The second kappa shape index (κ2) is 5.93. The number of hydrogen-bond donors (Lipinski definition) is 0. The number of rotatable bonds is 3. The Bertz CT molecular complexity index is 826. The second-order valence-corrected chi connectivity index (χ2v) is 6.07. The van der Waals surface area contributed by atoms with E-state index in [1.807, 2.05) is 65.1 Å². The Morgan fingerprint density at radius 3 is 2.48 bits per heavy atom. The zero-order valence-corrected chi connectivity index (χ0v) is 13.3. The zero-order valence-electron chi connectivity index (χ0n) is 11.1. The fourth-order valence-electron chi connectivity index (χ4n) is 2.34. The van der Waals surface area contributed by atoms with E-state index in [9.17, 15) is 9.18 Å². The number of halogens is 2. The number of carbonyl (C=O) groups excluding carboxylic acids is 1. The van der Waals surface area contributed by atoms with Crippen LogP contribution in [0.15, 0.2) is 60.7 Å². The van der Waals surface area contributed by atoms with E-state index in [2.05, 4.69) is 0 Å². The molecule has 0 saturated heterocycles. The first kappa shape index (κ1) is 14.2. The molecule has 0 heterocycles. The van der Waals surface area contributed by atoms with Gasteiger partial charge in [0.15, 0.2) is 5.78 Å². The van der Waals surface area contributed by atoms with Gasteiger partial charge in [0.2, 0.25) is 0 Å². The Hall–Kier alpha value is -1.75. The number of benzene rings is 3. The van der Waals surface area contributed by atoms with Crippen LogP contribution in [0.1, 0.15) is 15.9 Å². The fourth-order valence-corrected chi connectivity index (χ4v) is 3.12. The molecular weight excluding hydrogens is 378 g/mol. The van der Waals surface area contributed by atoms with Gasteiger partial charge in [-0.1, -0.05) is 42.5 Å². The van der Waals surface area contributed by atoms with Gasteiger partial charge in [0, 0.05) is 15.6 Å². The molecule has 1 nitrogen and oxygen atoms in total. The van der Waals surface area contributed by atoms with Crippen LogP contribution in [0.4, 0.5) is 4.39 Å². The lowest BCUT2D eigenvalue weighted by Crippen LogP contribution is -2.06. The first-order valence-electron chi connectivity index (χ1n) is 6.59. The van der Waals surface area contributed by atoms with Crippen LogP contribution in [-0.4, -0.2) is 5.78 Å². The average molecular weight is 390 g/mol. The molecule has 21 heavy (non-hydrogen) atoms. The molecule has 3 aromatic carbocycles. The summed E-state index contributed by atoms with van der Waals surface area (Å²) in [7, 11) is 0. The summed E-state index contributed by atoms with van der Waals surface area (Å²) >= 11 is 2.00. The molecule has 3 rings (SSSR count). The number of ketones is 1. The minimum Gasteiger partial charge on any atom is -0.294 e. The molecule has 0 spiro atoms. The Kier molecular flexibility index (Phi) is 4.01. The highest BCUT2D eigenvalue weighted by molar-refractivity contribution is 14.1. The lowest BCUT2D eigenvalue weighted by atomic mass is 10.0. The fraction of sp³-hybridized carbons (Fsp3) is 0.0556. The van der Waals surface area contributed by atoms with Crippen molar-refractivity contribution in [1.29, 1.82) is 0 Å². The SMILES string of the molecule is O=C(Cc1ccc2ccccc2c1)c1ccc(F)cc1I. The zero-order chi connectivity index (χ0) is 14.8. The van der Waals surface area contributed by atoms with Crippen molar-refractivity contribution >= 4 is 39.1 Å². The standard InChI is InChI=1S/C18H12FIO/c19-15-7-8-16(17(20)11-15)18(21)10-12-5-6-13-3-1-2-4-14(13)9-12/h1-9,11H,10H2. The predicted molar refractivity (Wildman–Crippen MR) is 91.1 cm³/mol. The third kappa shape index (κ3) is 3.13. The van der Waals surface area contributed by atoms with Crippen LogP contribution in [0.3, 0.4) is 0 Å². The molecule has 104 valence electrons. The van der Waals surface area contributed by atoms with E-state index in [4.69, 9.17) is 0 Å². The molecule has 0 amide bonds. The van der Waals surface area contributed by atoms with Crippen LogP contribution in [-0.2, 0) is 6.42 Å². The summed E-state index contributed by atoms with van der Waals surface area (Å²) in [6, 6.07) is 18.3. The molecule has 0 aliphatic carbocycles. The van der Waals surface area contributed by atoms with Crippen molar-refractivity contribution in [3.05, 3.63) is 81.2 Å². The molecular formula is C18H12FIO. The summed E-state index contributed by atoms with van der Waals surface area (Å²) in [5.41, 5.74) is 1.55. The van der Waals surface area contributed by atoms with Crippen LogP contribution >= 0.6 is 22.6 Å². The van der Waals surface area contributed by atoms with Gasteiger partial charge < -0.3 is 0 Å². The molecule has 3 aromatic rings. The summed E-state index contributed by atoms with van der Waals surface area (Å²) in [5, 5.41) is 2.28. The first-order chi connectivity index (χ1) is 10.1. The van der Waals surface area contributed by atoms with Gasteiger partial charge >= 0.3 is 0 Å². The van der Waals surface area contributed by atoms with Crippen molar-refractivity contribution in [2.45, 2.75) is 6.42 Å². The van der Waals surface area contributed by atoms with Crippen LogP contribution in [0, 0.1) is 9.39 Å². The van der Waals surface area contributed by atoms with Gasteiger partial charge in [0.1, 0.15) is 5.82 Å². The Balaban J connectivity index is 1.89. The molecule has 0 radical (unpaired) electrons. The smallest absolute Gasteiger partial charge is 0.168 e. The summed E-state index contributed by atoms with van der Waals surface area (Å²) in [4.78, 5) is 12.4. The van der Waals surface area contributed by atoms with Crippen LogP contribution < -0.4 is 0 Å². The maximum atomic E-state index is 13.1. The van der Waals surface area contributed by atoms with E-state index in [1.54, 1.807) is 6.07 Å². The first-order valence-corrected chi connectivity index (χ1v) is 7.67. The van der Waals surface area contributed by atoms with Gasteiger partial charge in [0.05, 0.1) is 0 Å². The minimum atomic E-state index is -0.318. The summed E-state index contributed by atoms with van der Waals surface area (Å²) in [6.07, 6.45) is 0.326. The van der Waals surface area contributed by atoms with Gasteiger partial charge in [-0.15, -0.1) is 0 Å². The van der Waals surface area contributed by atoms with Crippen LogP contribution in [0.5, 0.6) is 0 Å². The Morgan fingerprint density at radius 1 is 0.952 bits per heavy atom. The summed E-state index contributed by atoms with van der Waals surface area (Å²) in [6.45, 7) is 0. The minimum absolute atomic E-state index is 0.00896. The predicted octanol–water partition coefficient (Wildman–Crippen LogP) is 5.01. The third-order valence-electron chi connectivity index (χ3n) is 3.41. The van der Waals surface area contributed by atoms with E-state index in [1.165, 1.54) is 12.1 Å². The van der Waals surface area contributed by atoms with Crippen molar-refractivity contribution in [3.8, 4) is 0 Å². The van der Waals surface area contributed by atoms with Crippen molar-refractivity contribution in [2.24, 2.45) is 0 Å². The van der Waals surface area contributed by atoms with E-state index in [0.29, 0.717) is 15.6 Å². The molecule has 0 unspecified atom stereocenters. The van der Waals surface area contributed by atoms with Crippen LogP contribution in [0.25, 0.3) is 10.8 Å². The molecule has 0 saturated carbocycles. The van der Waals surface area contributed by atoms with Crippen LogP contribution in [0.2, 0.25) is 0 Å². The highest BCUT2D eigenvalue weighted by atomic mass is 127. The molecule has 0 aliphatic rings. The van der Waals surface area contributed by atoms with E-state index in [0.717, 1.165) is 16.3 Å². The molecule has 0 N–H and O–H groups in total. The number of Topliss-reactive ketones (excluding diaryl/α,β-unsaturated/α-hetero) is 1. The van der Waals surface area contributed by atoms with Gasteiger partial charge in [-0.25, -0.2) is 4.39 Å². The van der Waals surface area contributed by atoms with E-state index >= 15 is 0 Å². The van der Waals surface area contributed by atoms with Crippen molar-refractivity contribution in [1.82, 2.24) is 0 Å². The number of hydrogen-bond acceptors (Lipinski definition) is 1. The maximum absolute atomic E-state index is 13.1. The Labute approximate surface area is 135 Å². The lowest BCUT2D eigenvalue weighted by Gasteiger charge is -2.06. The molecule has 3 heteroatoms. The van der Waals surface area contributed by atoms with Gasteiger partial charge in [0.25, 0.3) is 0 Å². The second-order valence-electron chi connectivity index (χ2n) is 4.91. The van der Waals surface area contributed by atoms with Crippen molar-refractivity contribution < 1.29 is 9.18 Å². The van der Waals surface area contributed by atoms with Crippen molar-refractivity contribution in [2.75, 3.05) is 0 Å². The average Bonchev–Trinajstić information content (AvgIpc) is 2.47. The Morgan fingerprint density at radius 2 is 1.71 bits per heavy atom. The van der Waals surface area contributed by atoms with E-state index < -0.39 is 0 Å². The largest absolute Gasteiger partial charge is 0.294 e. The van der Waals surface area contributed by atoms with Gasteiger partial charge in [-0.2, -0.15) is 0 Å². The van der Waals surface area contributed by atoms with Gasteiger partial charge in [-0.05, 0) is 57.1 Å². The summed E-state index contributed by atoms with van der Waals surface area (Å²) < 4.78 is 13.7. The molecule has 0 aliphatic heterocycles. The number of carbonyl (C=O) groups is 1. The normalized spacial score (nSPS) is 10.8. The highest BCUT2D eigenvalue weighted by Crippen LogP contribution is 2.19. The van der Waals surface area contributed by atoms with Gasteiger partial charge in [-0.3, -0.25) is 4.79 Å². The quantitative estimate of drug-likeness (QED) is 0.454. The maximum Gasteiger partial charge on any atom is 0.168 e. The summed E-state index contributed by atoms with van der Waals surface area (Å²) in [5.74, 6) is -0.309. The lowest BCUT2D eigenvalue weighted by molar-refractivity contribution is 0.0992. The molecule has 0 bridgehead atoms. The molecule has 0 atom stereocenters. The van der Waals surface area contributed by atoms with Crippen molar-refractivity contribution in [3.63, 3.8) is 0 Å². The molecule has 0 aromatic heterocycles. The topological polar surface area (TPSA) is 17.1 Å². The monoisotopic (exact) mass is 390 g/mol. The van der Waals surface area contributed by atoms with E-state index in [-0.39, 0.29) is 11.6 Å². The molecule has 0 fully saturated rings.